The maximum absolute atomic E-state index is 5.60. The fraction of sp³-hybridized carbons (Fsp3) is 0.273. The van der Waals surface area contributed by atoms with Gasteiger partial charge in [-0.2, -0.15) is 0 Å². The number of hydrogen-bond acceptors (Lipinski definition) is 1. The molecular weight excluding hydrogens is 226 g/mol. The second-order valence-corrected chi connectivity index (χ2v) is 3.74. The lowest BCUT2D eigenvalue weighted by Crippen LogP contribution is -2.01. The molecule has 0 aromatic heterocycles. The van der Waals surface area contributed by atoms with Crippen molar-refractivity contribution in [1.29, 1.82) is 0 Å². The first-order valence-electron chi connectivity index (χ1n) is 4.42. The van der Waals surface area contributed by atoms with Crippen molar-refractivity contribution in [1.82, 2.24) is 0 Å². The largest absolute Gasteiger partial charge is 0.327 e. The first kappa shape index (κ1) is 10.5. The Kier molecular flexibility index (Phi) is 4.19. The third-order valence-corrected chi connectivity index (χ3v) is 2.70. The van der Waals surface area contributed by atoms with E-state index in [1.54, 1.807) is 0 Å². The smallest absolute Gasteiger partial charge is 0.0247 e. The summed E-state index contributed by atoms with van der Waals surface area (Å²) in [5.74, 6) is 0. The molecule has 0 aliphatic rings. The normalized spacial score (nSPS) is 11.8. The van der Waals surface area contributed by atoms with Crippen LogP contribution in [0.1, 0.15) is 18.9 Å². The van der Waals surface area contributed by atoms with Crippen molar-refractivity contribution in [2.75, 3.05) is 6.54 Å². The lowest BCUT2D eigenvalue weighted by molar-refractivity contribution is 1.02. The summed E-state index contributed by atoms with van der Waals surface area (Å²) in [6.45, 7) is 2.76. The van der Waals surface area contributed by atoms with Gasteiger partial charge in [-0.25, -0.2) is 0 Å². The maximum Gasteiger partial charge on any atom is 0.0247 e. The van der Waals surface area contributed by atoms with Crippen molar-refractivity contribution < 1.29 is 0 Å². The van der Waals surface area contributed by atoms with Crippen LogP contribution in [0.25, 0.3) is 6.08 Å². The third kappa shape index (κ3) is 2.98. The van der Waals surface area contributed by atoms with Gasteiger partial charge < -0.3 is 5.73 Å². The van der Waals surface area contributed by atoms with E-state index in [9.17, 15) is 0 Å². The van der Waals surface area contributed by atoms with Gasteiger partial charge in [0.05, 0.1) is 0 Å². The lowest BCUT2D eigenvalue weighted by atomic mass is 10.1. The first-order valence-corrected chi connectivity index (χ1v) is 5.21. The van der Waals surface area contributed by atoms with Gasteiger partial charge in [0.1, 0.15) is 0 Å². The van der Waals surface area contributed by atoms with Crippen molar-refractivity contribution >= 4 is 22.0 Å². The topological polar surface area (TPSA) is 26.0 Å². The monoisotopic (exact) mass is 239 g/mol. The van der Waals surface area contributed by atoms with Crippen molar-refractivity contribution in [3.63, 3.8) is 0 Å². The van der Waals surface area contributed by atoms with Crippen LogP contribution in [-0.2, 0) is 0 Å². The Bertz CT molecular complexity index is 299. The Hall–Kier alpha value is -0.600. The molecule has 0 aliphatic carbocycles. The average molecular weight is 240 g/mol. The van der Waals surface area contributed by atoms with Gasteiger partial charge in [0.2, 0.25) is 0 Å². The lowest BCUT2D eigenvalue weighted by Gasteiger charge is -2.02. The quantitative estimate of drug-likeness (QED) is 0.862. The van der Waals surface area contributed by atoms with Gasteiger partial charge in [0, 0.05) is 11.0 Å². The van der Waals surface area contributed by atoms with Crippen LogP contribution in [0.4, 0.5) is 0 Å². The third-order valence-electron chi connectivity index (χ3n) is 1.98. The molecule has 0 heterocycles. The van der Waals surface area contributed by atoms with Gasteiger partial charge >= 0.3 is 0 Å². The van der Waals surface area contributed by atoms with E-state index in [4.69, 9.17) is 5.73 Å². The molecule has 13 heavy (non-hydrogen) atoms. The minimum atomic E-state index is 0.637. The van der Waals surface area contributed by atoms with Crippen LogP contribution < -0.4 is 5.73 Å². The minimum Gasteiger partial charge on any atom is -0.327 e. The summed E-state index contributed by atoms with van der Waals surface area (Å²) in [5.41, 5.74) is 8.07. The molecule has 0 bridgehead atoms. The van der Waals surface area contributed by atoms with E-state index in [1.807, 2.05) is 18.2 Å². The van der Waals surface area contributed by atoms with Crippen LogP contribution in [0.15, 0.2) is 34.3 Å². The number of benzene rings is 1. The molecule has 1 rings (SSSR count). The van der Waals surface area contributed by atoms with Crippen LogP contribution >= 0.6 is 15.9 Å². The van der Waals surface area contributed by atoms with E-state index in [-0.39, 0.29) is 0 Å². The molecule has 0 fully saturated rings. The molecule has 0 amide bonds. The average Bonchev–Trinajstić information content (AvgIpc) is 2.17. The van der Waals surface area contributed by atoms with Crippen LogP contribution in [0, 0.1) is 0 Å². The van der Waals surface area contributed by atoms with Gasteiger partial charge in [-0.3, -0.25) is 0 Å². The molecule has 70 valence electrons. The van der Waals surface area contributed by atoms with Crippen molar-refractivity contribution in [3.05, 3.63) is 39.9 Å². The van der Waals surface area contributed by atoms with E-state index in [1.165, 1.54) is 11.1 Å². The Morgan fingerprint density at radius 3 is 2.69 bits per heavy atom. The summed E-state index contributed by atoms with van der Waals surface area (Å²) in [7, 11) is 0. The zero-order chi connectivity index (χ0) is 9.68. The molecule has 1 aromatic rings. The standard InChI is InChI=1S/C11H14BrN/c1-2-9(8-13)7-10-5-3-4-6-11(10)12/h3-7H,2,8,13H2,1H3. The minimum absolute atomic E-state index is 0.637. The maximum atomic E-state index is 5.60. The molecule has 1 nitrogen and oxygen atoms in total. The molecule has 0 saturated carbocycles. The van der Waals surface area contributed by atoms with Crippen molar-refractivity contribution in [3.8, 4) is 0 Å². The molecule has 2 N–H and O–H groups in total. The SMILES string of the molecule is CCC(=Cc1ccccc1Br)CN. The summed E-state index contributed by atoms with van der Waals surface area (Å²) >= 11 is 3.50. The van der Waals surface area contributed by atoms with Crippen LogP contribution in [-0.4, -0.2) is 6.54 Å². The molecule has 0 aliphatic heterocycles. The zero-order valence-electron chi connectivity index (χ0n) is 7.76. The highest BCUT2D eigenvalue weighted by atomic mass is 79.9. The molecule has 0 atom stereocenters. The van der Waals surface area contributed by atoms with Gasteiger partial charge in [-0.15, -0.1) is 0 Å². The second-order valence-electron chi connectivity index (χ2n) is 2.88. The fourth-order valence-corrected chi connectivity index (χ4v) is 1.52. The summed E-state index contributed by atoms with van der Waals surface area (Å²) < 4.78 is 1.12. The van der Waals surface area contributed by atoms with Crippen molar-refractivity contribution in [2.45, 2.75) is 13.3 Å². The van der Waals surface area contributed by atoms with Gasteiger partial charge in [-0.1, -0.05) is 52.7 Å². The first-order chi connectivity index (χ1) is 6.27. The summed E-state index contributed by atoms with van der Waals surface area (Å²) in [5, 5.41) is 0. The van der Waals surface area contributed by atoms with Gasteiger partial charge in [0.25, 0.3) is 0 Å². The Morgan fingerprint density at radius 1 is 1.46 bits per heavy atom. The van der Waals surface area contributed by atoms with Crippen LogP contribution in [0.5, 0.6) is 0 Å². The number of hydrogen-bond donors (Lipinski definition) is 1. The summed E-state index contributed by atoms with van der Waals surface area (Å²) in [6.07, 6.45) is 3.15. The van der Waals surface area contributed by atoms with Crippen molar-refractivity contribution in [2.24, 2.45) is 5.73 Å². The Balaban J connectivity index is 2.95. The molecule has 0 saturated heterocycles. The summed E-state index contributed by atoms with van der Waals surface area (Å²) in [6, 6.07) is 8.15. The second kappa shape index (κ2) is 5.20. The highest BCUT2D eigenvalue weighted by Crippen LogP contribution is 2.19. The van der Waals surface area contributed by atoms with Gasteiger partial charge in [-0.05, 0) is 18.1 Å². The van der Waals surface area contributed by atoms with E-state index >= 15 is 0 Å². The molecule has 0 unspecified atom stereocenters. The number of rotatable bonds is 3. The van der Waals surface area contributed by atoms with Gasteiger partial charge in [0.15, 0.2) is 0 Å². The highest BCUT2D eigenvalue weighted by molar-refractivity contribution is 9.10. The van der Waals surface area contributed by atoms with E-state index < -0.39 is 0 Å². The number of halogens is 1. The number of nitrogens with two attached hydrogens (primary N) is 1. The van der Waals surface area contributed by atoms with E-state index in [2.05, 4.69) is 35.0 Å². The molecule has 2 heteroatoms. The Morgan fingerprint density at radius 2 is 2.15 bits per heavy atom. The Labute approximate surface area is 87.8 Å². The molecule has 1 aromatic carbocycles. The molecule has 0 spiro atoms. The predicted molar refractivity (Wildman–Crippen MR) is 61.5 cm³/mol. The van der Waals surface area contributed by atoms with E-state index in [0.717, 1.165) is 10.9 Å². The zero-order valence-corrected chi connectivity index (χ0v) is 9.34. The molecule has 0 radical (unpaired) electrons. The molecular formula is C11H14BrN. The highest BCUT2D eigenvalue weighted by Gasteiger charge is 1.96. The van der Waals surface area contributed by atoms with Crippen LogP contribution in [0.3, 0.4) is 0 Å². The van der Waals surface area contributed by atoms with E-state index in [0.29, 0.717) is 6.54 Å². The fourth-order valence-electron chi connectivity index (χ4n) is 1.12. The predicted octanol–water partition coefficient (Wildman–Crippen LogP) is 3.20. The van der Waals surface area contributed by atoms with Crippen LogP contribution in [0.2, 0.25) is 0 Å². The summed E-state index contributed by atoms with van der Waals surface area (Å²) in [4.78, 5) is 0.